The van der Waals surface area contributed by atoms with Gasteiger partial charge >= 0.3 is 12.1 Å². The van der Waals surface area contributed by atoms with Crippen LogP contribution in [0.2, 0.25) is 5.02 Å². The predicted octanol–water partition coefficient (Wildman–Crippen LogP) is 5.84. The van der Waals surface area contributed by atoms with Gasteiger partial charge in [-0.3, -0.25) is 4.79 Å². The van der Waals surface area contributed by atoms with E-state index in [1.54, 1.807) is 0 Å². The fourth-order valence-corrected chi connectivity index (χ4v) is 4.29. The number of carbonyl (C=O) groups is 2. The Kier molecular flexibility index (Phi) is 9.18. The van der Waals surface area contributed by atoms with Gasteiger partial charge in [-0.1, -0.05) is 48.0 Å². The van der Waals surface area contributed by atoms with Gasteiger partial charge in [-0.15, -0.1) is 0 Å². The van der Waals surface area contributed by atoms with Gasteiger partial charge in [0, 0.05) is 47.2 Å². The van der Waals surface area contributed by atoms with Gasteiger partial charge < -0.3 is 25.5 Å². The summed E-state index contributed by atoms with van der Waals surface area (Å²) in [6, 6.07) is 15.3. The van der Waals surface area contributed by atoms with E-state index in [-0.39, 0.29) is 18.5 Å². The molecule has 3 rings (SSSR count). The summed E-state index contributed by atoms with van der Waals surface area (Å²) in [6.45, 7) is 5.78. The van der Waals surface area contributed by atoms with E-state index in [1.807, 2.05) is 75.5 Å². The number of amides is 1. The van der Waals surface area contributed by atoms with Crippen molar-refractivity contribution >= 4 is 34.6 Å². The number of carboxylic acids is 1. The van der Waals surface area contributed by atoms with E-state index in [2.05, 4.69) is 15.6 Å². The molecule has 0 aliphatic heterocycles. The number of halogens is 1. The van der Waals surface area contributed by atoms with Crippen LogP contribution in [0.15, 0.2) is 54.7 Å². The van der Waals surface area contributed by atoms with Crippen LogP contribution in [0.5, 0.6) is 0 Å². The summed E-state index contributed by atoms with van der Waals surface area (Å²) in [7, 11) is 0. The van der Waals surface area contributed by atoms with Crippen LogP contribution in [0.3, 0.4) is 0 Å². The normalized spacial score (nSPS) is 13.4. The molecule has 0 saturated carbocycles. The number of aromatic amines is 1. The number of fused-ring (bicyclic) bond motifs is 1. The number of rotatable bonds is 11. The van der Waals surface area contributed by atoms with Gasteiger partial charge in [-0.2, -0.15) is 0 Å². The lowest BCUT2D eigenvalue weighted by Crippen LogP contribution is -2.44. The molecule has 1 unspecified atom stereocenters. The molecule has 2 aromatic carbocycles. The number of hydrogen-bond donors (Lipinski definition) is 4. The Morgan fingerprint density at radius 2 is 1.80 bits per heavy atom. The summed E-state index contributed by atoms with van der Waals surface area (Å²) < 4.78 is 5.40. The predicted molar refractivity (Wildman–Crippen MR) is 139 cm³/mol. The first-order chi connectivity index (χ1) is 16.6. The van der Waals surface area contributed by atoms with Gasteiger partial charge in [0.15, 0.2) is 0 Å². The molecule has 0 aliphatic rings. The molecule has 0 saturated heterocycles. The molecule has 1 amide bonds. The van der Waals surface area contributed by atoms with E-state index >= 15 is 0 Å². The maximum Gasteiger partial charge on any atom is 0.407 e. The molecule has 4 N–H and O–H groups in total. The van der Waals surface area contributed by atoms with E-state index in [1.165, 1.54) is 0 Å². The van der Waals surface area contributed by atoms with Crippen molar-refractivity contribution in [1.29, 1.82) is 0 Å². The number of benzene rings is 2. The molecule has 8 heteroatoms. The number of H-pyrrole nitrogens is 1. The maximum absolute atomic E-state index is 12.3. The molecule has 1 aromatic heterocycles. The molecule has 0 fully saturated rings. The monoisotopic (exact) mass is 499 g/mol. The zero-order chi connectivity index (χ0) is 25.4. The molecule has 7 nitrogen and oxygen atoms in total. The van der Waals surface area contributed by atoms with Gasteiger partial charge in [0.2, 0.25) is 0 Å². The number of carboxylic acid groups (broad SMARTS) is 1. The first kappa shape index (κ1) is 26.6. The Morgan fingerprint density at radius 3 is 2.51 bits per heavy atom. The number of ether oxygens (including phenoxy) is 1. The molecular weight excluding hydrogens is 466 g/mol. The van der Waals surface area contributed by atoms with Gasteiger partial charge in [-0.25, -0.2) is 4.79 Å². The Hall–Kier alpha value is -3.03. The second-order valence-corrected chi connectivity index (χ2v) is 10.1. The number of aliphatic carboxylic acids is 1. The van der Waals surface area contributed by atoms with Crippen LogP contribution in [0.1, 0.15) is 57.2 Å². The standard InChI is InChI=1S/C27H34ClN3O4/c1-27(2,3)35-26(34)30-16-19(13-12-18-8-4-6-10-22(18)28)31-24(14-15-25(32)33)21-17-29-23-11-7-5-9-20(21)23/h4-11,17,19,24,29,31H,12-16H2,1-3H3,(H,30,34)(H,32,33)/t19?,24-/m1/s1. The first-order valence-electron chi connectivity index (χ1n) is 11.9. The summed E-state index contributed by atoms with van der Waals surface area (Å²) in [5.74, 6) is -0.851. The number of aromatic nitrogens is 1. The molecule has 0 radical (unpaired) electrons. The van der Waals surface area contributed by atoms with Crippen molar-refractivity contribution < 1.29 is 19.4 Å². The van der Waals surface area contributed by atoms with E-state index in [9.17, 15) is 14.7 Å². The molecule has 35 heavy (non-hydrogen) atoms. The molecule has 3 aromatic rings. The third kappa shape index (κ3) is 8.30. The van der Waals surface area contributed by atoms with Gasteiger partial charge in [0.25, 0.3) is 0 Å². The number of hydrogen-bond acceptors (Lipinski definition) is 4. The molecule has 0 spiro atoms. The third-order valence-corrected chi connectivity index (χ3v) is 6.06. The zero-order valence-corrected chi connectivity index (χ0v) is 21.2. The summed E-state index contributed by atoms with van der Waals surface area (Å²) in [5.41, 5.74) is 2.41. The molecule has 0 bridgehead atoms. The average Bonchev–Trinajstić information content (AvgIpc) is 3.22. The highest BCUT2D eigenvalue weighted by Gasteiger charge is 2.23. The molecule has 2 atom stereocenters. The number of nitrogens with one attached hydrogen (secondary N) is 3. The largest absolute Gasteiger partial charge is 0.481 e. The van der Waals surface area contributed by atoms with Crippen molar-refractivity contribution in [1.82, 2.24) is 15.6 Å². The number of para-hydroxylation sites is 1. The lowest BCUT2D eigenvalue weighted by Gasteiger charge is -2.27. The van der Waals surface area contributed by atoms with E-state index in [0.29, 0.717) is 30.8 Å². The van der Waals surface area contributed by atoms with Crippen molar-refractivity contribution in [2.75, 3.05) is 6.54 Å². The highest BCUT2D eigenvalue weighted by Crippen LogP contribution is 2.28. The Morgan fingerprint density at radius 1 is 1.09 bits per heavy atom. The lowest BCUT2D eigenvalue weighted by atomic mass is 9.98. The summed E-state index contributed by atoms with van der Waals surface area (Å²) in [6.07, 6.45) is 3.26. The fourth-order valence-electron chi connectivity index (χ4n) is 4.06. The van der Waals surface area contributed by atoms with E-state index < -0.39 is 17.7 Å². The fraction of sp³-hybridized carbons (Fsp3) is 0.407. The van der Waals surface area contributed by atoms with Crippen LogP contribution >= 0.6 is 11.6 Å². The zero-order valence-electron chi connectivity index (χ0n) is 20.4. The number of carbonyl (C=O) groups excluding carboxylic acids is 1. The highest BCUT2D eigenvalue weighted by atomic mass is 35.5. The van der Waals surface area contributed by atoms with Crippen molar-refractivity contribution in [3.8, 4) is 0 Å². The van der Waals surface area contributed by atoms with Crippen LogP contribution in [-0.2, 0) is 16.0 Å². The Labute approximate surface area is 211 Å². The molecule has 188 valence electrons. The summed E-state index contributed by atoms with van der Waals surface area (Å²) >= 11 is 6.37. The Bertz CT molecular complexity index is 1140. The second-order valence-electron chi connectivity index (χ2n) is 9.65. The van der Waals surface area contributed by atoms with Crippen molar-refractivity contribution in [2.24, 2.45) is 0 Å². The molecular formula is C27H34ClN3O4. The molecule has 0 aliphatic carbocycles. The van der Waals surface area contributed by atoms with E-state index in [4.69, 9.17) is 16.3 Å². The van der Waals surface area contributed by atoms with Gasteiger partial charge in [0.05, 0.1) is 0 Å². The van der Waals surface area contributed by atoms with Crippen LogP contribution in [0.25, 0.3) is 10.9 Å². The minimum Gasteiger partial charge on any atom is -0.481 e. The number of alkyl carbamates (subject to hydrolysis) is 1. The van der Waals surface area contributed by atoms with E-state index in [0.717, 1.165) is 22.0 Å². The quantitative estimate of drug-likeness (QED) is 0.265. The van der Waals surface area contributed by atoms with Crippen molar-refractivity contribution in [3.05, 3.63) is 70.9 Å². The van der Waals surface area contributed by atoms with Crippen molar-refractivity contribution in [3.63, 3.8) is 0 Å². The maximum atomic E-state index is 12.3. The molecule has 1 heterocycles. The third-order valence-electron chi connectivity index (χ3n) is 5.69. The van der Waals surface area contributed by atoms with Crippen LogP contribution in [-0.4, -0.2) is 40.3 Å². The minimum absolute atomic E-state index is 0.0217. The van der Waals surface area contributed by atoms with Gasteiger partial charge in [-0.05, 0) is 63.3 Å². The van der Waals surface area contributed by atoms with Gasteiger partial charge in [0.1, 0.15) is 5.60 Å². The minimum atomic E-state index is -0.851. The second kappa shape index (κ2) is 12.1. The van der Waals surface area contributed by atoms with Crippen LogP contribution in [0.4, 0.5) is 4.79 Å². The summed E-state index contributed by atoms with van der Waals surface area (Å²) in [5, 5.41) is 17.6. The van der Waals surface area contributed by atoms with Crippen LogP contribution in [0, 0.1) is 0 Å². The lowest BCUT2D eigenvalue weighted by molar-refractivity contribution is -0.137. The highest BCUT2D eigenvalue weighted by molar-refractivity contribution is 6.31. The van der Waals surface area contributed by atoms with Crippen molar-refractivity contribution in [2.45, 2.75) is 64.1 Å². The van der Waals surface area contributed by atoms with Crippen LogP contribution < -0.4 is 10.6 Å². The summed E-state index contributed by atoms with van der Waals surface area (Å²) in [4.78, 5) is 27.0. The first-order valence-corrected chi connectivity index (χ1v) is 12.2. The topological polar surface area (TPSA) is 103 Å². The SMILES string of the molecule is CC(C)(C)OC(=O)NCC(CCc1ccccc1Cl)N[C@H](CCC(=O)O)c1c[nH]c2ccccc12. The number of aryl methyl sites for hydroxylation is 1. The average molecular weight is 500 g/mol. The Balaban J connectivity index is 1.80. The smallest absolute Gasteiger partial charge is 0.407 e.